The summed E-state index contributed by atoms with van der Waals surface area (Å²) in [5, 5.41) is 17.0. The van der Waals surface area contributed by atoms with E-state index in [2.05, 4.69) is 10.4 Å². The van der Waals surface area contributed by atoms with Crippen LogP contribution in [0.15, 0.2) is 36.4 Å². The largest absolute Gasteiger partial charge is 0.392 e. The molecule has 1 fully saturated rings. The lowest BCUT2D eigenvalue weighted by Crippen LogP contribution is -2.38. The van der Waals surface area contributed by atoms with Crippen LogP contribution in [0.3, 0.4) is 0 Å². The molecule has 28 heavy (non-hydrogen) atoms. The van der Waals surface area contributed by atoms with E-state index in [1.54, 1.807) is 29.5 Å². The number of aliphatic hydroxyl groups excluding tert-OH is 1. The molecule has 1 aliphatic rings. The van der Waals surface area contributed by atoms with Gasteiger partial charge in [-0.3, -0.25) is 4.79 Å². The fraction of sp³-hybridized carbons (Fsp3) is 0.474. The summed E-state index contributed by atoms with van der Waals surface area (Å²) in [6, 6.07) is 10.9. The van der Waals surface area contributed by atoms with Gasteiger partial charge < -0.3 is 15.3 Å². The lowest BCUT2D eigenvalue weighted by Gasteiger charge is -2.25. The Morgan fingerprint density at radius 2 is 2.11 bits per heavy atom. The Bertz CT molecular complexity index is 925. The topological polar surface area (TPSA) is 105 Å². The quantitative estimate of drug-likeness (QED) is 0.720. The molecular weight excluding hydrogens is 380 g/mol. The van der Waals surface area contributed by atoms with Gasteiger partial charge in [0.2, 0.25) is 5.91 Å². The molecule has 0 radical (unpaired) electrons. The van der Waals surface area contributed by atoms with E-state index < -0.39 is 15.9 Å². The van der Waals surface area contributed by atoms with E-state index >= 15 is 0 Å². The standard InChI is InChI=1S/C19H26N4O4S/c1-14-10-18(23(21-14)17-8-9-28(26,27)13-17)20-19(25)12-22(11-15(2)24)16-6-4-3-5-7-16/h3-7,10,15,17,24H,8-9,11-13H2,1-2H3,(H,20,25). The maximum Gasteiger partial charge on any atom is 0.245 e. The van der Waals surface area contributed by atoms with Crippen LogP contribution in [0.5, 0.6) is 0 Å². The molecule has 2 unspecified atom stereocenters. The number of nitrogens with zero attached hydrogens (tertiary/aromatic N) is 3. The number of nitrogens with one attached hydrogen (secondary N) is 1. The maximum atomic E-state index is 12.7. The summed E-state index contributed by atoms with van der Waals surface area (Å²) in [6.45, 7) is 3.85. The van der Waals surface area contributed by atoms with Crippen molar-refractivity contribution in [2.24, 2.45) is 0 Å². The molecule has 1 aromatic heterocycles. The van der Waals surface area contributed by atoms with Gasteiger partial charge in [-0.15, -0.1) is 0 Å². The third kappa shape index (κ3) is 5.11. The predicted molar refractivity (Wildman–Crippen MR) is 108 cm³/mol. The Hall–Kier alpha value is -2.39. The van der Waals surface area contributed by atoms with Crippen LogP contribution in [0.4, 0.5) is 11.5 Å². The second-order valence-corrected chi connectivity index (χ2v) is 9.51. The number of para-hydroxylation sites is 1. The van der Waals surface area contributed by atoms with Crippen LogP contribution in [0.2, 0.25) is 0 Å². The number of hydrogen-bond donors (Lipinski definition) is 2. The van der Waals surface area contributed by atoms with Crippen LogP contribution in [0.1, 0.15) is 25.1 Å². The Morgan fingerprint density at radius 3 is 2.71 bits per heavy atom. The van der Waals surface area contributed by atoms with Gasteiger partial charge in [0, 0.05) is 18.3 Å². The Morgan fingerprint density at radius 1 is 1.39 bits per heavy atom. The summed E-state index contributed by atoms with van der Waals surface area (Å²) in [6.07, 6.45) is -0.103. The minimum Gasteiger partial charge on any atom is -0.392 e. The zero-order valence-corrected chi connectivity index (χ0v) is 16.9. The van der Waals surface area contributed by atoms with E-state index in [-0.39, 0.29) is 30.0 Å². The van der Waals surface area contributed by atoms with Crippen LogP contribution >= 0.6 is 0 Å². The molecular formula is C19H26N4O4S. The second kappa shape index (κ2) is 8.32. The lowest BCUT2D eigenvalue weighted by molar-refractivity contribution is -0.115. The lowest BCUT2D eigenvalue weighted by atomic mass is 10.2. The first-order chi connectivity index (χ1) is 13.2. The first-order valence-electron chi connectivity index (χ1n) is 9.28. The average Bonchev–Trinajstić information content (AvgIpc) is 3.16. The smallest absolute Gasteiger partial charge is 0.245 e. The molecule has 1 aliphatic heterocycles. The van der Waals surface area contributed by atoms with Gasteiger partial charge in [0.25, 0.3) is 0 Å². The summed E-state index contributed by atoms with van der Waals surface area (Å²) < 4.78 is 25.2. The van der Waals surface area contributed by atoms with Crippen molar-refractivity contribution in [2.75, 3.05) is 34.8 Å². The van der Waals surface area contributed by atoms with Crippen molar-refractivity contribution >= 4 is 27.2 Å². The van der Waals surface area contributed by atoms with E-state index in [0.29, 0.717) is 24.5 Å². The van der Waals surface area contributed by atoms with Crippen molar-refractivity contribution in [3.63, 3.8) is 0 Å². The fourth-order valence-corrected chi connectivity index (χ4v) is 5.12. The van der Waals surface area contributed by atoms with Crippen LogP contribution in [0, 0.1) is 6.92 Å². The number of aryl methyl sites for hydroxylation is 1. The molecule has 1 saturated heterocycles. The van der Waals surface area contributed by atoms with Gasteiger partial charge in [-0.25, -0.2) is 13.1 Å². The van der Waals surface area contributed by atoms with Crippen LogP contribution in [0.25, 0.3) is 0 Å². The Labute approximate surface area is 165 Å². The molecule has 2 atom stereocenters. The SMILES string of the molecule is Cc1cc(NC(=O)CN(CC(C)O)c2ccccc2)n(C2CCS(=O)(=O)C2)n1. The van der Waals surface area contributed by atoms with Crippen molar-refractivity contribution in [1.29, 1.82) is 0 Å². The molecule has 8 nitrogen and oxygen atoms in total. The van der Waals surface area contributed by atoms with Crippen molar-refractivity contribution < 1.29 is 18.3 Å². The third-order valence-electron chi connectivity index (χ3n) is 4.62. The maximum absolute atomic E-state index is 12.7. The molecule has 1 aromatic carbocycles. The Kier molecular flexibility index (Phi) is 6.04. The molecule has 9 heteroatoms. The van der Waals surface area contributed by atoms with Gasteiger partial charge in [0.05, 0.1) is 35.9 Å². The predicted octanol–water partition coefficient (Wildman–Crippen LogP) is 1.38. The van der Waals surface area contributed by atoms with Crippen LogP contribution < -0.4 is 10.2 Å². The highest BCUT2D eigenvalue weighted by atomic mass is 32.2. The molecule has 0 bridgehead atoms. The molecule has 0 aliphatic carbocycles. The van der Waals surface area contributed by atoms with E-state index in [4.69, 9.17) is 0 Å². The molecule has 0 spiro atoms. The summed E-state index contributed by atoms with van der Waals surface area (Å²) in [4.78, 5) is 14.5. The number of anilines is 2. The van der Waals surface area contributed by atoms with Gasteiger partial charge in [0.1, 0.15) is 5.82 Å². The van der Waals surface area contributed by atoms with Gasteiger partial charge in [-0.2, -0.15) is 5.10 Å². The summed E-state index contributed by atoms with van der Waals surface area (Å²) >= 11 is 0. The first-order valence-corrected chi connectivity index (χ1v) is 11.1. The normalized spacial score (nSPS) is 19.3. The van der Waals surface area contributed by atoms with E-state index in [1.165, 1.54) is 0 Å². The molecule has 152 valence electrons. The van der Waals surface area contributed by atoms with E-state index in [9.17, 15) is 18.3 Å². The zero-order chi connectivity index (χ0) is 20.3. The van der Waals surface area contributed by atoms with Crippen LogP contribution in [-0.2, 0) is 14.6 Å². The van der Waals surface area contributed by atoms with Gasteiger partial charge in [0.15, 0.2) is 9.84 Å². The van der Waals surface area contributed by atoms with E-state index in [1.807, 2.05) is 30.3 Å². The summed E-state index contributed by atoms with van der Waals surface area (Å²) in [5.41, 5.74) is 1.55. The number of benzene rings is 1. The minimum atomic E-state index is -3.06. The number of aliphatic hydroxyl groups is 1. The molecule has 3 rings (SSSR count). The highest BCUT2D eigenvalue weighted by Gasteiger charge is 2.31. The summed E-state index contributed by atoms with van der Waals surface area (Å²) in [7, 11) is -3.06. The van der Waals surface area contributed by atoms with Gasteiger partial charge in [-0.1, -0.05) is 18.2 Å². The number of sulfone groups is 1. The van der Waals surface area contributed by atoms with Crippen molar-refractivity contribution in [2.45, 2.75) is 32.4 Å². The highest BCUT2D eigenvalue weighted by molar-refractivity contribution is 7.91. The average molecular weight is 407 g/mol. The Balaban J connectivity index is 1.74. The van der Waals surface area contributed by atoms with Crippen molar-refractivity contribution in [3.05, 3.63) is 42.1 Å². The fourth-order valence-electron chi connectivity index (χ4n) is 3.43. The number of carbonyl (C=O) groups excluding carboxylic acids is 1. The number of carbonyl (C=O) groups is 1. The number of aromatic nitrogens is 2. The monoisotopic (exact) mass is 406 g/mol. The number of rotatable bonds is 7. The summed E-state index contributed by atoms with van der Waals surface area (Å²) in [5.74, 6) is 0.413. The van der Waals surface area contributed by atoms with Crippen molar-refractivity contribution in [3.8, 4) is 0 Å². The molecule has 2 heterocycles. The third-order valence-corrected chi connectivity index (χ3v) is 6.37. The zero-order valence-electron chi connectivity index (χ0n) is 16.1. The van der Waals surface area contributed by atoms with Gasteiger partial charge in [-0.05, 0) is 32.4 Å². The molecule has 2 N–H and O–H groups in total. The van der Waals surface area contributed by atoms with Crippen LogP contribution in [-0.4, -0.2) is 59.9 Å². The minimum absolute atomic E-state index is 0.0369. The number of amides is 1. The number of hydrogen-bond acceptors (Lipinski definition) is 6. The molecule has 2 aromatic rings. The first kappa shape index (κ1) is 20.3. The highest BCUT2D eigenvalue weighted by Crippen LogP contribution is 2.27. The molecule has 0 saturated carbocycles. The van der Waals surface area contributed by atoms with Gasteiger partial charge >= 0.3 is 0 Å². The second-order valence-electron chi connectivity index (χ2n) is 7.29. The van der Waals surface area contributed by atoms with E-state index in [0.717, 1.165) is 5.69 Å². The molecule has 1 amide bonds. The van der Waals surface area contributed by atoms with Crippen molar-refractivity contribution in [1.82, 2.24) is 9.78 Å².